The molecule has 0 aromatic carbocycles. The van der Waals surface area contributed by atoms with Gasteiger partial charge in [-0.05, 0) is 44.2 Å². The largest absolute Gasteiger partial charge is 0.372 e. The second-order valence-electron chi connectivity index (χ2n) is 9.46. The summed E-state index contributed by atoms with van der Waals surface area (Å²) in [4.78, 5) is 7.85. The highest BCUT2D eigenvalue weighted by Gasteiger charge is 2.33. The van der Waals surface area contributed by atoms with Crippen LogP contribution in [0.4, 0.5) is 0 Å². The molecule has 3 aliphatic rings. The van der Waals surface area contributed by atoms with Crippen LogP contribution in [0.3, 0.4) is 0 Å². The fraction of sp³-hybridized carbons (Fsp3) is 1.00. The molecule has 24 heavy (non-hydrogen) atoms. The Morgan fingerprint density at radius 1 is 0.750 bits per heavy atom. The van der Waals surface area contributed by atoms with Crippen molar-refractivity contribution in [3.8, 4) is 0 Å². The smallest absolute Gasteiger partial charge is 0.0832 e. The lowest BCUT2D eigenvalue weighted by atomic mass is 9.94. The number of ether oxygens (including phenoxy) is 1. The van der Waals surface area contributed by atoms with E-state index in [0.717, 1.165) is 13.1 Å². The first kappa shape index (κ1) is 18.6. The van der Waals surface area contributed by atoms with Crippen LogP contribution in [0.25, 0.3) is 0 Å². The minimum Gasteiger partial charge on any atom is -0.372 e. The quantitative estimate of drug-likeness (QED) is 0.742. The molecule has 0 N–H and O–H groups in total. The van der Waals surface area contributed by atoms with Gasteiger partial charge in [0.25, 0.3) is 0 Å². The first-order valence-electron chi connectivity index (χ1n) is 10.3. The Hall–Kier alpha value is -0.160. The Labute approximate surface area is 149 Å². The van der Waals surface area contributed by atoms with Crippen LogP contribution in [-0.2, 0) is 4.74 Å². The van der Waals surface area contributed by atoms with Crippen molar-refractivity contribution in [2.45, 2.75) is 65.1 Å². The lowest BCUT2D eigenvalue weighted by molar-refractivity contribution is -0.112. The number of hydrogen-bond donors (Lipinski definition) is 0. The van der Waals surface area contributed by atoms with Crippen molar-refractivity contribution in [2.24, 2.45) is 5.41 Å². The van der Waals surface area contributed by atoms with Gasteiger partial charge in [0.05, 0.1) is 12.2 Å². The summed E-state index contributed by atoms with van der Waals surface area (Å²) in [6.07, 6.45) is 7.72. The molecule has 4 nitrogen and oxygen atoms in total. The summed E-state index contributed by atoms with van der Waals surface area (Å²) in [6, 6.07) is 0. The van der Waals surface area contributed by atoms with E-state index in [1.807, 2.05) is 0 Å². The second-order valence-corrected chi connectivity index (χ2v) is 9.46. The normalized spacial score (nSPS) is 26.6. The zero-order valence-corrected chi connectivity index (χ0v) is 16.3. The molecule has 0 unspecified atom stereocenters. The summed E-state index contributed by atoms with van der Waals surface area (Å²) in [5.41, 5.74) is 0.407. The maximum absolute atomic E-state index is 6.34. The average molecular weight is 338 g/mol. The molecular formula is C20H39N3O. The zero-order valence-electron chi connectivity index (χ0n) is 16.3. The summed E-state index contributed by atoms with van der Waals surface area (Å²) in [5.74, 6) is 0. The SMILES string of the molecule is CC(C)(C)CN1CC(OC2CCN(CCN3CCCCC3)CC2)C1. The van der Waals surface area contributed by atoms with E-state index in [1.165, 1.54) is 77.9 Å². The minimum absolute atomic E-state index is 0.407. The van der Waals surface area contributed by atoms with Gasteiger partial charge in [0, 0.05) is 45.8 Å². The van der Waals surface area contributed by atoms with Crippen molar-refractivity contribution >= 4 is 0 Å². The van der Waals surface area contributed by atoms with Gasteiger partial charge >= 0.3 is 0 Å². The van der Waals surface area contributed by atoms with Crippen LogP contribution in [0.5, 0.6) is 0 Å². The lowest BCUT2D eigenvalue weighted by Gasteiger charge is -2.44. The Morgan fingerprint density at radius 2 is 1.33 bits per heavy atom. The number of rotatable bonds is 6. The molecule has 0 bridgehead atoms. The third-order valence-electron chi connectivity index (χ3n) is 5.72. The number of likely N-dealkylation sites (tertiary alicyclic amines) is 3. The molecule has 0 saturated carbocycles. The second kappa shape index (κ2) is 8.48. The molecule has 0 spiro atoms. The van der Waals surface area contributed by atoms with Gasteiger partial charge in [0.1, 0.15) is 0 Å². The molecule has 0 amide bonds. The third kappa shape index (κ3) is 5.98. The van der Waals surface area contributed by atoms with Crippen molar-refractivity contribution in [1.82, 2.24) is 14.7 Å². The number of piperidine rings is 2. The molecule has 3 saturated heterocycles. The molecule has 0 aromatic heterocycles. The van der Waals surface area contributed by atoms with Gasteiger partial charge in [-0.1, -0.05) is 27.2 Å². The molecule has 3 heterocycles. The predicted molar refractivity (Wildman–Crippen MR) is 101 cm³/mol. The Kier molecular flexibility index (Phi) is 6.58. The van der Waals surface area contributed by atoms with Gasteiger partial charge in [-0.3, -0.25) is 4.90 Å². The molecule has 0 aromatic rings. The lowest BCUT2D eigenvalue weighted by Crippen LogP contribution is -2.56. The van der Waals surface area contributed by atoms with E-state index in [-0.39, 0.29) is 0 Å². The first-order valence-corrected chi connectivity index (χ1v) is 10.3. The number of hydrogen-bond acceptors (Lipinski definition) is 4. The zero-order chi connectivity index (χ0) is 17.0. The molecular weight excluding hydrogens is 298 g/mol. The van der Waals surface area contributed by atoms with Crippen LogP contribution < -0.4 is 0 Å². The van der Waals surface area contributed by atoms with E-state index < -0.39 is 0 Å². The summed E-state index contributed by atoms with van der Waals surface area (Å²) in [5, 5.41) is 0. The minimum atomic E-state index is 0.407. The van der Waals surface area contributed by atoms with Crippen molar-refractivity contribution in [3.63, 3.8) is 0 Å². The van der Waals surface area contributed by atoms with E-state index in [2.05, 4.69) is 35.5 Å². The van der Waals surface area contributed by atoms with Gasteiger partial charge in [0.2, 0.25) is 0 Å². The predicted octanol–water partition coefficient (Wildman–Crippen LogP) is 2.68. The van der Waals surface area contributed by atoms with Crippen molar-refractivity contribution in [2.75, 3.05) is 58.9 Å². The van der Waals surface area contributed by atoms with Crippen LogP contribution >= 0.6 is 0 Å². The fourth-order valence-electron chi connectivity index (χ4n) is 4.42. The van der Waals surface area contributed by atoms with Crippen LogP contribution in [0.1, 0.15) is 52.9 Å². The summed E-state index contributed by atoms with van der Waals surface area (Å²) < 4.78 is 6.34. The van der Waals surface area contributed by atoms with Crippen molar-refractivity contribution in [1.29, 1.82) is 0 Å². The topological polar surface area (TPSA) is 19.0 Å². The van der Waals surface area contributed by atoms with E-state index in [9.17, 15) is 0 Å². The monoisotopic (exact) mass is 337 g/mol. The highest BCUT2D eigenvalue weighted by atomic mass is 16.5. The summed E-state index contributed by atoms with van der Waals surface area (Å²) in [6.45, 7) is 18.1. The molecule has 0 radical (unpaired) electrons. The van der Waals surface area contributed by atoms with Gasteiger partial charge in [-0.2, -0.15) is 0 Å². The Bertz CT molecular complexity index is 362. The Morgan fingerprint density at radius 3 is 1.92 bits per heavy atom. The highest BCUT2D eigenvalue weighted by Crippen LogP contribution is 2.24. The van der Waals surface area contributed by atoms with Gasteiger partial charge in [-0.15, -0.1) is 0 Å². The number of nitrogens with zero attached hydrogens (tertiary/aromatic N) is 3. The average Bonchev–Trinajstić information content (AvgIpc) is 2.52. The van der Waals surface area contributed by atoms with E-state index >= 15 is 0 Å². The Balaban J connectivity index is 1.25. The molecule has 3 rings (SSSR count). The maximum atomic E-state index is 6.34. The first-order chi connectivity index (χ1) is 11.5. The van der Waals surface area contributed by atoms with Crippen LogP contribution in [0, 0.1) is 5.41 Å². The summed E-state index contributed by atoms with van der Waals surface area (Å²) >= 11 is 0. The molecule has 3 fully saturated rings. The third-order valence-corrected chi connectivity index (χ3v) is 5.72. The highest BCUT2D eigenvalue weighted by molar-refractivity contribution is 4.85. The van der Waals surface area contributed by atoms with Crippen molar-refractivity contribution in [3.05, 3.63) is 0 Å². The van der Waals surface area contributed by atoms with Gasteiger partial charge in [-0.25, -0.2) is 0 Å². The van der Waals surface area contributed by atoms with Gasteiger partial charge in [0.15, 0.2) is 0 Å². The maximum Gasteiger partial charge on any atom is 0.0832 e. The molecule has 140 valence electrons. The van der Waals surface area contributed by atoms with E-state index in [1.54, 1.807) is 0 Å². The molecule has 3 aliphatic heterocycles. The van der Waals surface area contributed by atoms with Crippen LogP contribution in [-0.4, -0.2) is 85.8 Å². The van der Waals surface area contributed by atoms with Crippen molar-refractivity contribution < 1.29 is 4.74 Å². The van der Waals surface area contributed by atoms with Crippen LogP contribution in [0.15, 0.2) is 0 Å². The van der Waals surface area contributed by atoms with E-state index in [0.29, 0.717) is 17.6 Å². The van der Waals surface area contributed by atoms with E-state index in [4.69, 9.17) is 4.74 Å². The molecule has 0 aliphatic carbocycles. The fourth-order valence-corrected chi connectivity index (χ4v) is 4.42. The molecule has 0 atom stereocenters. The standard InChI is InChI=1S/C20H39N3O/c1-20(2,3)17-23-15-19(16-23)24-18-7-11-22(12-8-18)14-13-21-9-5-4-6-10-21/h18-19H,4-17H2,1-3H3. The molecule has 4 heteroatoms. The van der Waals surface area contributed by atoms with Gasteiger partial charge < -0.3 is 14.5 Å². The van der Waals surface area contributed by atoms with Crippen LogP contribution in [0.2, 0.25) is 0 Å². The summed E-state index contributed by atoms with van der Waals surface area (Å²) in [7, 11) is 0.